The molecule has 2 heterocycles. The van der Waals surface area contributed by atoms with Gasteiger partial charge in [-0.3, -0.25) is 5.41 Å². The second kappa shape index (κ2) is 5.65. The largest absolute Gasteiger partial charge is 0.383 e. The van der Waals surface area contributed by atoms with Crippen molar-refractivity contribution in [3.8, 4) is 0 Å². The molecule has 0 spiro atoms. The van der Waals surface area contributed by atoms with Gasteiger partial charge in [0.25, 0.3) is 0 Å². The fourth-order valence-electron chi connectivity index (χ4n) is 2.62. The molecule has 2 aromatic carbocycles. The number of nitrogens with two attached hydrogens (primary N) is 1. The van der Waals surface area contributed by atoms with E-state index in [0.29, 0.717) is 0 Å². The third-order valence-electron chi connectivity index (χ3n) is 3.73. The first-order valence-corrected chi connectivity index (χ1v) is 8.87. The second-order valence-corrected chi connectivity index (χ2v) is 7.50. The van der Waals surface area contributed by atoms with Crippen LogP contribution >= 0.6 is 22.7 Å². The highest BCUT2D eigenvalue weighted by atomic mass is 32.1. The highest BCUT2D eigenvalue weighted by molar-refractivity contribution is 7.21. The molecule has 0 aliphatic rings. The van der Waals surface area contributed by atoms with E-state index < -0.39 is 0 Å². The molecule has 4 heteroatoms. The van der Waals surface area contributed by atoms with E-state index in [4.69, 9.17) is 11.1 Å². The molecule has 0 fully saturated rings. The van der Waals surface area contributed by atoms with E-state index in [1.54, 1.807) is 22.7 Å². The van der Waals surface area contributed by atoms with Crippen LogP contribution in [0.5, 0.6) is 0 Å². The van der Waals surface area contributed by atoms with Gasteiger partial charge in [-0.15, -0.1) is 22.7 Å². The summed E-state index contributed by atoms with van der Waals surface area (Å²) in [6, 6.07) is 18.9. The van der Waals surface area contributed by atoms with Crippen LogP contribution in [0.15, 0.2) is 54.6 Å². The lowest BCUT2D eigenvalue weighted by Gasteiger charge is -1.95. The summed E-state index contributed by atoms with van der Waals surface area (Å²) >= 11 is 3.36. The fourth-order valence-corrected chi connectivity index (χ4v) is 4.54. The van der Waals surface area contributed by atoms with E-state index in [1.807, 2.05) is 12.1 Å². The predicted octanol–water partition coefficient (Wildman–Crippen LogP) is 5.57. The molecule has 2 aromatic heterocycles. The summed E-state index contributed by atoms with van der Waals surface area (Å²) in [6.07, 6.45) is 4.30. The van der Waals surface area contributed by atoms with Crippen LogP contribution in [0.1, 0.15) is 15.3 Å². The van der Waals surface area contributed by atoms with Crippen LogP contribution in [0.25, 0.3) is 32.3 Å². The van der Waals surface area contributed by atoms with Crippen molar-refractivity contribution < 1.29 is 0 Å². The van der Waals surface area contributed by atoms with Crippen molar-refractivity contribution in [3.63, 3.8) is 0 Å². The van der Waals surface area contributed by atoms with Crippen LogP contribution in [-0.2, 0) is 0 Å². The SMILES string of the molecule is N=C(N)c1cc2c(C=Cc3cc4ccccc4s3)cccc2s1. The molecular formula is C19H14N2S2. The maximum absolute atomic E-state index is 7.61. The second-order valence-electron chi connectivity index (χ2n) is 5.30. The molecule has 0 aliphatic heterocycles. The quantitative estimate of drug-likeness (QED) is 0.373. The molecule has 0 saturated heterocycles. The minimum atomic E-state index is 0.130. The topological polar surface area (TPSA) is 49.9 Å². The first-order chi connectivity index (χ1) is 11.2. The van der Waals surface area contributed by atoms with E-state index >= 15 is 0 Å². The molecule has 112 valence electrons. The normalized spacial score (nSPS) is 11.7. The monoisotopic (exact) mass is 334 g/mol. The van der Waals surface area contributed by atoms with Crippen LogP contribution < -0.4 is 5.73 Å². The first kappa shape index (κ1) is 14.2. The molecule has 0 aliphatic carbocycles. The zero-order valence-electron chi connectivity index (χ0n) is 12.2. The Kier molecular flexibility index (Phi) is 3.48. The number of hydrogen-bond donors (Lipinski definition) is 2. The van der Waals surface area contributed by atoms with Gasteiger partial charge in [0.05, 0.1) is 4.88 Å². The third kappa shape index (κ3) is 2.67. The van der Waals surface area contributed by atoms with Gasteiger partial charge in [0.1, 0.15) is 5.84 Å². The Labute approximate surface area is 142 Å². The highest BCUT2D eigenvalue weighted by Crippen LogP contribution is 2.31. The Morgan fingerprint density at radius 1 is 0.913 bits per heavy atom. The van der Waals surface area contributed by atoms with Gasteiger partial charge < -0.3 is 5.73 Å². The van der Waals surface area contributed by atoms with Crippen molar-refractivity contribution in [2.45, 2.75) is 0 Å². The van der Waals surface area contributed by atoms with Crippen LogP contribution in [-0.4, -0.2) is 5.84 Å². The van der Waals surface area contributed by atoms with Crippen molar-refractivity contribution in [2.24, 2.45) is 5.73 Å². The number of amidine groups is 1. The Morgan fingerprint density at radius 2 is 1.74 bits per heavy atom. The summed E-state index contributed by atoms with van der Waals surface area (Å²) in [5.74, 6) is 0.130. The van der Waals surface area contributed by atoms with E-state index in [2.05, 4.69) is 54.6 Å². The lowest BCUT2D eigenvalue weighted by atomic mass is 10.1. The molecule has 0 bridgehead atoms. The molecule has 0 unspecified atom stereocenters. The van der Waals surface area contributed by atoms with Gasteiger partial charge in [-0.05, 0) is 41.3 Å². The van der Waals surface area contributed by atoms with E-state index in [9.17, 15) is 0 Å². The van der Waals surface area contributed by atoms with Crippen LogP contribution in [0.4, 0.5) is 0 Å². The average molecular weight is 334 g/mol. The van der Waals surface area contributed by atoms with E-state index in [-0.39, 0.29) is 5.84 Å². The zero-order chi connectivity index (χ0) is 15.8. The molecule has 23 heavy (non-hydrogen) atoms. The van der Waals surface area contributed by atoms with Crippen molar-refractivity contribution in [2.75, 3.05) is 0 Å². The average Bonchev–Trinajstić information content (AvgIpc) is 3.16. The third-order valence-corrected chi connectivity index (χ3v) is 5.95. The van der Waals surface area contributed by atoms with Gasteiger partial charge in [0.15, 0.2) is 0 Å². The maximum atomic E-state index is 7.61. The molecule has 0 saturated carbocycles. The summed E-state index contributed by atoms with van der Waals surface area (Å²) in [4.78, 5) is 2.06. The van der Waals surface area contributed by atoms with Crippen LogP contribution in [0.2, 0.25) is 0 Å². The van der Waals surface area contributed by atoms with Crippen molar-refractivity contribution in [1.82, 2.24) is 0 Å². The Balaban J connectivity index is 1.75. The first-order valence-electron chi connectivity index (χ1n) is 7.24. The van der Waals surface area contributed by atoms with Gasteiger partial charge in [-0.25, -0.2) is 0 Å². The van der Waals surface area contributed by atoms with Gasteiger partial charge in [0.2, 0.25) is 0 Å². The van der Waals surface area contributed by atoms with Gasteiger partial charge in [-0.2, -0.15) is 0 Å². The Morgan fingerprint density at radius 3 is 2.57 bits per heavy atom. The summed E-state index contributed by atoms with van der Waals surface area (Å²) in [7, 11) is 0. The molecule has 3 N–H and O–H groups in total. The summed E-state index contributed by atoms with van der Waals surface area (Å²) < 4.78 is 2.47. The van der Waals surface area contributed by atoms with Gasteiger partial charge >= 0.3 is 0 Å². The number of rotatable bonds is 3. The number of hydrogen-bond acceptors (Lipinski definition) is 3. The Bertz CT molecular complexity index is 1020. The number of fused-ring (bicyclic) bond motifs is 2. The number of nitrogens with one attached hydrogen (secondary N) is 1. The molecule has 0 atom stereocenters. The predicted molar refractivity (Wildman–Crippen MR) is 104 cm³/mol. The molecular weight excluding hydrogens is 320 g/mol. The standard InChI is InChI=1S/C19H14N2S2/c20-19(21)18-11-15-12(5-3-7-17(15)23-18)8-9-14-10-13-4-1-2-6-16(13)22-14/h1-11H,(H3,20,21). The summed E-state index contributed by atoms with van der Waals surface area (Å²) in [5, 5.41) is 10.0. The highest BCUT2D eigenvalue weighted by Gasteiger charge is 2.06. The smallest absolute Gasteiger partial charge is 0.133 e. The van der Waals surface area contributed by atoms with Crippen molar-refractivity contribution in [1.29, 1.82) is 5.41 Å². The van der Waals surface area contributed by atoms with Crippen LogP contribution in [0.3, 0.4) is 0 Å². The molecule has 0 radical (unpaired) electrons. The minimum Gasteiger partial charge on any atom is -0.383 e. The number of thiophene rings is 2. The maximum Gasteiger partial charge on any atom is 0.133 e. The molecule has 0 amide bonds. The van der Waals surface area contributed by atoms with Gasteiger partial charge in [0, 0.05) is 19.7 Å². The van der Waals surface area contributed by atoms with Crippen LogP contribution in [0, 0.1) is 5.41 Å². The Hall–Kier alpha value is -2.43. The number of nitrogen functional groups attached to an aromatic ring is 1. The lowest BCUT2D eigenvalue weighted by molar-refractivity contribution is 1.46. The van der Waals surface area contributed by atoms with Crippen molar-refractivity contribution >= 4 is 60.8 Å². The van der Waals surface area contributed by atoms with Gasteiger partial charge in [-0.1, -0.05) is 36.4 Å². The lowest BCUT2D eigenvalue weighted by Crippen LogP contribution is -2.08. The molecule has 4 aromatic rings. The van der Waals surface area contributed by atoms with Crippen molar-refractivity contribution in [3.05, 3.63) is 69.9 Å². The zero-order valence-corrected chi connectivity index (χ0v) is 13.9. The van der Waals surface area contributed by atoms with E-state index in [0.717, 1.165) is 20.5 Å². The summed E-state index contributed by atoms with van der Waals surface area (Å²) in [6.45, 7) is 0. The minimum absolute atomic E-state index is 0.130. The molecule has 4 rings (SSSR count). The summed E-state index contributed by atoms with van der Waals surface area (Å²) in [5.41, 5.74) is 6.77. The number of benzene rings is 2. The fraction of sp³-hybridized carbons (Fsp3) is 0. The molecule has 2 nitrogen and oxygen atoms in total. The van der Waals surface area contributed by atoms with E-state index in [1.165, 1.54) is 15.0 Å².